The molecule has 17 heavy (non-hydrogen) atoms. The van der Waals surface area contributed by atoms with Gasteiger partial charge in [0.1, 0.15) is 5.75 Å². The standard InChI is InChI=1S/C12H9ClN2O2/c1-8-2-9(7-16)4-15-12(8)17-11-3-10(13)5-14-6-11/h2-7H,1H3. The molecule has 0 aromatic carbocycles. The van der Waals surface area contributed by atoms with Gasteiger partial charge < -0.3 is 4.74 Å². The van der Waals surface area contributed by atoms with Crippen LogP contribution in [0.3, 0.4) is 0 Å². The number of carbonyl (C=O) groups is 1. The largest absolute Gasteiger partial charge is 0.437 e. The van der Waals surface area contributed by atoms with Gasteiger partial charge in [-0.15, -0.1) is 0 Å². The fraction of sp³-hybridized carbons (Fsp3) is 0.0833. The summed E-state index contributed by atoms with van der Waals surface area (Å²) in [5.41, 5.74) is 1.29. The van der Waals surface area contributed by atoms with Gasteiger partial charge in [-0.3, -0.25) is 9.78 Å². The van der Waals surface area contributed by atoms with E-state index in [2.05, 4.69) is 9.97 Å². The van der Waals surface area contributed by atoms with Crippen molar-refractivity contribution in [1.29, 1.82) is 0 Å². The second-order valence-electron chi connectivity index (χ2n) is 3.45. The second kappa shape index (κ2) is 4.93. The van der Waals surface area contributed by atoms with E-state index in [0.717, 1.165) is 11.8 Å². The Morgan fingerprint density at radius 2 is 2.12 bits per heavy atom. The van der Waals surface area contributed by atoms with Gasteiger partial charge in [0.05, 0.1) is 11.2 Å². The van der Waals surface area contributed by atoms with Gasteiger partial charge in [-0.1, -0.05) is 11.6 Å². The molecule has 0 bridgehead atoms. The zero-order chi connectivity index (χ0) is 12.3. The smallest absolute Gasteiger partial charge is 0.222 e. The van der Waals surface area contributed by atoms with Crippen LogP contribution in [0.25, 0.3) is 0 Å². The summed E-state index contributed by atoms with van der Waals surface area (Å²) in [4.78, 5) is 18.5. The maximum absolute atomic E-state index is 10.6. The summed E-state index contributed by atoms with van der Waals surface area (Å²) in [7, 11) is 0. The Kier molecular flexibility index (Phi) is 3.35. The number of nitrogens with zero attached hydrogens (tertiary/aromatic N) is 2. The van der Waals surface area contributed by atoms with Gasteiger partial charge in [-0.2, -0.15) is 0 Å². The van der Waals surface area contributed by atoms with E-state index in [9.17, 15) is 4.79 Å². The first-order chi connectivity index (χ1) is 8.19. The van der Waals surface area contributed by atoms with Gasteiger partial charge in [-0.05, 0) is 13.0 Å². The monoisotopic (exact) mass is 248 g/mol. The molecule has 0 amide bonds. The predicted molar refractivity (Wildman–Crippen MR) is 63.7 cm³/mol. The summed E-state index contributed by atoms with van der Waals surface area (Å²) in [5, 5.41) is 0.490. The van der Waals surface area contributed by atoms with Crippen LogP contribution < -0.4 is 4.74 Å². The Bertz CT molecular complexity index is 558. The third-order valence-electron chi connectivity index (χ3n) is 2.08. The van der Waals surface area contributed by atoms with Gasteiger partial charge in [-0.25, -0.2) is 4.98 Å². The highest BCUT2D eigenvalue weighted by Crippen LogP contribution is 2.24. The Morgan fingerprint density at radius 1 is 1.29 bits per heavy atom. The number of carbonyl (C=O) groups excluding carboxylic acids is 1. The van der Waals surface area contributed by atoms with Crippen molar-refractivity contribution in [3.05, 3.63) is 46.9 Å². The van der Waals surface area contributed by atoms with E-state index >= 15 is 0 Å². The minimum Gasteiger partial charge on any atom is -0.437 e. The Balaban J connectivity index is 2.27. The minimum absolute atomic E-state index is 0.430. The highest BCUT2D eigenvalue weighted by atomic mass is 35.5. The van der Waals surface area contributed by atoms with Crippen molar-refractivity contribution in [2.45, 2.75) is 6.92 Å². The SMILES string of the molecule is Cc1cc(C=O)cnc1Oc1cncc(Cl)c1. The maximum atomic E-state index is 10.6. The lowest BCUT2D eigenvalue weighted by molar-refractivity contribution is 0.112. The van der Waals surface area contributed by atoms with Crippen molar-refractivity contribution < 1.29 is 9.53 Å². The summed E-state index contributed by atoms with van der Waals surface area (Å²) in [6.45, 7) is 1.81. The van der Waals surface area contributed by atoms with Crippen LogP contribution in [0, 0.1) is 6.92 Å². The fourth-order valence-electron chi connectivity index (χ4n) is 1.32. The molecule has 0 unspecified atom stereocenters. The molecule has 0 fully saturated rings. The molecule has 0 atom stereocenters. The molecule has 0 spiro atoms. The van der Waals surface area contributed by atoms with Crippen LogP contribution in [0.4, 0.5) is 0 Å². The van der Waals surface area contributed by atoms with Crippen molar-refractivity contribution >= 4 is 17.9 Å². The lowest BCUT2D eigenvalue weighted by atomic mass is 10.2. The summed E-state index contributed by atoms with van der Waals surface area (Å²) in [6, 6.07) is 3.34. The predicted octanol–water partition coefficient (Wildman–Crippen LogP) is 3.04. The summed E-state index contributed by atoms with van der Waals surface area (Å²) >= 11 is 5.79. The second-order valence-corrected chi connectivity index (χ2v) is 3.89. The van der Waals surface area contributed by atoms with Crippen molar-refractivity contribution in [3.63, 3.8) is 0 Å². The molecule has 86 valence electrons. The molecule has 0 aliphatic rings. The number of pyridine rings is 2. The van der Waals surface area contributed by atoms with Gasteiger partial charge in [0.15, 0.2) is 6.29 Å². The molecule has 0 aliphatic heterocycles. The minimum atomic E-state index is 0.430. The Morgan fingerprint density at radius 3 is 2.76 bits per heavy atom. The average Bonchev–Trinajstić information content (AvgIpc) is 2.32. The quantitative estimate of drug-likeness (QED) is 0.784. The van der Waals surface area contributed by atoms with Crippen LogP contribution in [-0.2, 0) is 0 Å². The molecule has 2 heterocycles. The number of aldehydes is 1. The van der Waals surface area contributed by atoms with E-state index < -0.39 is 0 Å². The molecule has 2 aromatic heterocycles. The highest BCUT2D eigenvalue weighted by Gasteiger charge is 2.05. The van der Waals surface area contributed by atoms with Crippen molar-refractivity contribution in [2.24, 2.45) is 0 Å². The first-order valence-electron chi connectivity index (χ1n) is 4.89. The molecule has 4 nitrogen and oxygen atoms in total. The summed E-state index contributed by atoms with van der Waals surface area (Å²) < 4.78 is 5.52. The molecule has 2 aromatic rings. The Hall–Kier alpha value is -1.94. The number of halogens is 1. The van der Waals surface area contributed by atoms with Crippen LogP contribution >= 0.6 is 11.6 Å². The van der Waals surface area contributed by atoms with E-state index in [1.54, 1.807) is 18.3 Å². The van der Waals surface area contributed by atoms with Gasteiger partial charge in [0.25, 0.3) is 0 Å². The van der Waals surface area contributed by atoms with Crippen LogP contribution in [-0.4, -0.2) is 16.3 Å². The van der Waals surface area contributed by atoms with E-state index in [0.29, 0.717) is 22.2 Å². The highest BCUT2D eigenvalue weighted by molar-refractivity contribution is 6.30. The van der Waals surface area contributed by atoms with E-state index in [4.69, 9.17) is 16.3 Å². The van der Waals surface area contributed by atoms with Crippen LogP contribution in [0.1, 0.15) is 15.9 Å². The van der Waals surface area contributed by atoms with Gasteiger partial charge in [0.2, 0.25) is 5.88 Å². The third-order valence-corrected chi connectivity index (χ3v) is 2.29. The number of hydrogen-bond acceptors (Lipinski definition) is 4. The molecule has 2 rings (SSSR count). The van der Waals surface area contributed by atoms with E-state index in [-0.39, 0.29) is 0 Å². The first-order valence-corrected chi connectivity index (χ1v) is 5.27. The molecule has 5 heteroatoms. The molecular formula is C12H9ClN2O2. The van der Waals surface area contributed by atoms with Crippen LogP contribution in [0.5, 0.6) is 11.6 Å². The molecule has 0 saturated carbocycles. The van der Waals surface area contributed by atoms with E-state index in [1.165, 1.54) is 12.4 Å². The fourth-order valence-corrected chi connectivity index (χ4v) is 1.48. The van der Waals surface area contributed by atoms with E-state index in [1.807, 2.05) is 6.92 Å². The molecule has 0 radical (unpaired) electrons. The normalized spacial score (nSPS) is 10.0. The number of aryl methyl sites for hydroxylation is 1. The van der Waals surface area contributed by atoms with Crippen molar-refractivity contribution in [3.8, 4) is 11.6 Å². The lowest BCUT2D eigenvalue weighted by Gasteiger charge is -2.07. The topological polar surface area (TPSA) is 52.1 Å². The van der Waals surface area contributed by atoms with Crippen LogP contribution in [0.15, 0.2) is 30.7 Å². The molecule has 0 aliphatic carbocycles. The summed E-state index contributed by atoms with van der Waals surface area (Å²) in [5.74, 6) is 0.937. The summed E-state index contributed by atoms with van der Waals surface area (Å²) in [6.07, 6.45) is 5.25. The maximum Gasteiger partial charge on any atom is 0.222 e. The Labute approximate surface area is 103 Å². The number of ether oxygens (including phenoxy) is 1. The molecule has 0 saturated heterocycles. The number of aromatic nitrogens is 2. The average molecular weight is 249 g/mol. The number of hydrogen-bond donors (Lipinski definition) is 0. The molecular weight excluding hydrogens is 240 g/mol. The third kappa shape index (κ3) is 2.79. The van der Waals surface area contributed by atoms with Gasteiger partial charge >= 0.3 is 0 Å². The number of rotatable bonds is 3. The van der Waals surface area contributed by atoms with Gasteiger partial charge in [0, 0.05) is 29.6 Å². The first kappa shape index (κ1) is 11.5. The van der Waals surface area contributed by atoms with Crippen molar-refractivity contribution in [1.82, 2.24) is 9.97 Å². The van der Waals surface area contributed by atoms with Crippen molar-refractivity contribution in [2.75, 3.05) is 0 Å². The zero-order valence-electron chi connectivity index (χ0n) is 9.05. The van der Waals surface area contributed by atoms with Crippen LogP contribution in [0.2, 0.25) is 5.02 Å². The lowest BCUT2D eigenvalue weighted by Crippen LogP contribution is -1.93. The molecule has 0 N–H and O–H groups in total. The zero-order valence-corrected chi connectivity index (χ0v) is 9.81.